The molecule has 3 heteroatoms. The second-order valence-corrected chi connectivity index (χ2v) is 5.63. The van der Waals surface area contributed by atoms with E-state index in [0.717, 1.165) is 22.1 Å². The van der Waals surface area contributed by atoms with Crippen molar-refractivity contribution in [2.24, 2.45) is 0 Å². The molecule has 0 radical (unpaired) electrons. The summed E-state index contributed by atoms with van der Waals surface area (Å²) < 4.78 is 0.832. The number of hydrogen-bond acceptors (Lipinski definition) is 1. The maximum atomic E-state index is 12.8. The molecule has 0 bridgehead atoms. The van der Waals surface area contributed by atoms with E-state index in [1.165, 1.54) is 0 Å². The van der Waals surface area contributed by atoms with Crippen LogP contribution in [-0.4, -0.2) is 12.5 Å². The van der Waals surface area contributed by atoms with Gasteiger partial charge in [-0.2, -0.15) is 0 Å². The van der Waals surface area contributed by atoms with Gasteiger partial charge in [-0.05, 0) is 59.1 Å². The Bertz CT molecular complexity index is 609. The molecule has 0 heterocycles. The van der Waals surface area contributed by atoms with Crippen LogP contribution >= 0.6 is 15.9 Å². The van der Waals surface area contributed by atoms with Gasteiger partial charge in [-0.3, -0.25) is 4.79 Å². The normalized spacial score (nSPS) is 10.3. The summed E-state index contributed by atoms with van der Waals surface area (Å²) in [5.74, 6) is 0.0323. The predicted molar refractivity (Wildman–Crippen MR) is 87.3 cm³/mol. The van der Waals surface area contributed by atoms with E-state index in [4.69, 9.17) is 0 Å². The molecule has 0 saturated heterocycles. The Morgan fingerprint density at radius 2 is 1.90 bits per heavy atom. The molecule has 0 spiro atoms. The number of aryl methyl sites for hydroxylation is 1. The molecule has 0 aliphatic rings. The number of nitrogens with zero attached hydrogens (tertiary/aromatic N) is 1. The first-order valence-electron chi connectivity index (χ1n) is 6.76. The zero-order valence-electron chi connectivity index (χ0n) is 11.8. The van der Waals surface area contributed by atoms with Crippen LogP contribution in [0, 0.1) is 6.92 Å². The predicted octanol–water partition coefficient (Wildman–Crippen LogP) is 4.81. The highest BCUT2D eigenvalue weighted by Gasteiger charge is 2.18. The lowest BCUT2D eigenvalue weighted by atomic mass is 10.1. The van der Waals surface area contributed by atoms with Crippen molar-refractivity contribution in [3.63, 3.8) is 0 Å². The van der Waals surface area contributed by atoms with Crippen molar-refractivity contribution in [3.8, 4) is 0 Å². The van der Waals surface area contributed by atoms with Crippen molar-refractivity contribution < 1.29 is 4.79 Å². The molecule has 1 amide bonds. The van der Waals surface area contributed by atoms with Crippen LogP contribution in [0.1, 0.15) is 29.3 Å². The Balaban J connectivity index is 2.39. The van der Waals surface area contributed by atoms with Gasteiger partial charge in [0.2, 0.25) is 0 Å². The van der Waals surface area contributed by atoms with Gasteiger partial charge < -0.3 is 4.90 Å². The lowest BCUT2D eigenvalue weighted by Crippen LogP contribution is -2.31. The minimum atomic E-state index is 0.0323. The number of hydrogen-bond donors (Lipinski definition) is 0. The topological polar surface area (TPSA) is 20.3 Å². The van der Waals surface area contributed by atoms with Crippen LogP contribution < -0.4 is 4.90 Å². The number of rotatable bonds is 4. The van der Waals surface area contributed by atoms with E-state index in [2.05, 4.69) is 22.9 Å². The van der Waals surface area contributed by atoms with Gasteiger partial charge in [-0.1, -0.05) is 31.2 Å². The van der Waals surface area contributed by atoms with Crippen molar-refractivity contribution in [2.45, 2.75) is 20.3 Å². The Labute approximate surface area is 128 Å². The van der Waals surface area contributed by atoms with Crippen LogP contribution in [0.5, 0.6) is 0 Å². The Kier molecular flexibility index (Phi) is 4.96. The molecule has 0 aliphatic carbocycles. The molecule has 0 fully saturated rings. The monoisotopic (exact) mass is 331 g/mol. The summed E-state index contributed by atoms with van der Waals surface area (Å²) in [7, 11) is 0. The third-order valence-electron chi connectivity index (χ3n) is 3.11. The standard InChI is InChI=1S/C17H18BrNO/c1-3-11-19(14-8-6-7-13(2)12-14)17(20)15-9-4-5-10-16(15)18/h4-10,12H,3,11H2,1-2H3. The fourth-order valence-corrected chi connectivity index (χ4v) is 2.60. The van der Waals surface area contributed by atoms with Crippen LogP contribution in [0.25, 0.3) is 0 Å². The lowest BCUT2D eigenvalue weighted by Gasteiger charge is -2.23. The van der Waals surface area contributed by atoms with E-state index in [9.17, 15) is 4.79 Å². The Hall–Kier alpha value is -1.61. The molecule has 2 aromatic carbocycles. The Morgan fingerprint density at radius 1 is 1.15 bits per heavy atom. The summed E-state index contributed by atoms with van der Waals surface area (Å²) in [5.41, 5.74) is 2.80. The minimum Gasteiger partial charge on any atom is -0.308 e. The average Bonchev–Trinajstić information content (AvgIpc) is 2.44. The van der Waals surface area contributed by atoms with Crippen LogP contribution in [0.15, 0.2) is 53.0 Å². The van der Waals surface area contributed by atoms with Gasteiger partial charge in [0.05, 0.1) is 5.56 Å². The average molecular weight is 332 g/mol. The molecule has 20 heavy (non-hydrogen) atoms. The number of carbonyl (C=O) groups is 1. The van der Waals surface area contributed by atoms with Crippen LogP contribution in [0.3, 0.4) is 0 Å². The van der Waals surface area contributed by atoms with Gasteiger partial charge in [0, 0.05) is 16.7 Å². The molecule has 2 aromatic rings. The van der Waals surface area contributed by atoms with E-state index < -0.39 is 0 Å². The highest BCUT2D eigenvalue weighted by Crippen LogP contribution is 2.23. The molecule has 0 atom stereocenters. The summed E-state index contributed by atoms with van der Waals surface area (Å²) in [5, 5.41) is 0. The molecular weight excluding hydrogens is 314 g/mol. The van der Waals surface area contributed by atoms with E-state index >= 15 is 0 Å². The zero-order chi connectivity index (χ0) is 14.5. The minimum absolute atomic E-state index is 0.0323. The van der Waals surface area contributed by atoms with E-state index in [0.29, 0.717) is 12.1 Å². The van der Waals surface area contributed by atoms with Gasteiger partial charge in [-0.15, -0.1) is 0 Å². The first kappa shape index (κ1) is 14.8. The molecule has 0 aliphatic heterocycles. The largest absolute Gasteiger partial charge is 0.308 e. The molecule has 2 nitrogen and oxygen atoms in total. The third kappa shape index (κ3) is 3.28. The molecule has 0 unspecified atom stereocenters. The third-order valence-corrected chi connectivity index (χ3v) is 3.80. The summed E-state index contributed by atoms with van der Waals surface area (Å²) in [4.78, 5) is 14.6. The van der Waals surface area contributed by atoms with Crippen LogP contribution in [0.4, 0.5) is 5.69 Å². The second-order valence-electron chi connectivity index (χ2n) is 4.78. The van der Waals surface area contributed by atoms with E-state index in [-0.39, 0.29) is 5.91 Å². The van der Waals surface area contributed by atoms with Crippen molar-refractivity contribution in [1.82, 2.24) is 0 Å². The maximum absolute atomic E-state index is 12.8. The van der Waals surface area contributed by atoms with Crippen molar-refractivity contribution in [3.05, 3.63) is 64.1 Å². The van der Waals surface area contributed by atoms with Gasteiger partial charge in [0.15, 0.2) is 0 Å². The number of carbonyl (C=O) groups excluding carboxylic acids is 1. The SMILES string of the molecule is CCCN(C(=O)c1ccccc1Br)c1cccc(C)c1. The van der Waals surface area contributed by atoms with Crippen molar-refractivity contribution in [2.75, 3.05) is 11.4 Å². The number of amides is 1. The second kappa shape index (κ2) is 6.71. The summed E-state index contributed by atoms with van der Waals surface area (Å²) >= 11 is 3.46. The van der Waals surface area contributed by atoms with Crippen LogP contribution in [0.2, 0.25) is 0 Å². The highest BCUT2D eigenvalue weighted by molar-refractivity contribution is 9.10. The van der Waals surface area contributed by atoms with Gasteiger partial charge >= 0.3 is 0 Å². The molecule has 104 valence electrons. The lowest BCUT2D eigenvalue weighted by molar-refractivity contribution is 0.0986. The van der Waals surface area contributed by atoms with Crippen molar-refractivity contribution >= 4 is 27.5 Å². The van der Waals surface area contributed by atoms with Gasteiger partial charge in [0.1, 0.15) is 0 Å². The fourth-order valence-electron chi connectivity index (χ4n) is 2.15. The van der Waals surface area contributed by atoms with E-state index in [1.54, 1.807) is 0 Å². The quantitative estimate of drug-likeness (QED) is 0.786. The molecular formula is C17H18BrNO. The number of benzene rings is 2. The highest BCUT2D eigenvalue weighted by atomic mass is 79.9. The molecule has 0 aromatic heterocycles. The maximum Gasteiger partial charge on any atom is 0.259 e. The molecule has 0 N–H and O–H groups in total. The Morgan fingerprint density at radius 3 is 2.55 bits per heavy atom. The van der Waals surface area contributed by atoms with E-state index in [1.807, 2.05) is 60.4 Å². The summed E-state index contributed by atoms with van der Waals surface area (Å²) in [6, 6.07) is 15.6. The number of anilines is 1. The van der Waals surface area contributed by atoms with Crippen LogP contribution in [-0.2, 0) is 0 Å². The molecule has 2 rings (SSSR count). The van der Waals surface area contributed by atoms with Gasteiger partial charge in [0.25, 0.3) is 5.91 Å². The zero-order valence-corrected chi connectivity index (χ0v) is 13.4. The first-order chi connectivity index (χ1) is 9.63. The van der Waals surface area contributed by atoms with Crippen molar-refractivity contribution in [1.29, 1.82) is 0 Å². The number of halogens is 1. The first-order valence-corrected chi connectivity index (χ1v) is 7.56. The molecule has 0 saturated carbocycles. The summed E-state index contributed by atoms with van der Waals surface area (Å²) in [6.07, 6.45) is 0.921. The van der Waals surface area contributed by atoms with Gasteiger partial charge in [-0.25, -0.2) is 0 Å². The smallest absolute Gasteiger partial charge is 0.259 e. The fraction of sp³-hybridized carbons (Fsp3) is 0.235. The summed E-state index contributed by atoms with van der Waals surface area (Å²) in [6.45, 7) is 4.83.